The number of para-hydroxylation sites is 1. The molecule has 0 saturated heterocycles. The number of hydrogen-bond acceptors (Lipinski definition) is 3. The molecule has 0 radical (unpaired) electrons. The number of benzene rings is 3. The molecular formula is C26H28N2O3S. The van der Waals surface area contributed by atoms with Gasteiger partial charge in [0.1, 0.15) is 6.54 Å². The van der Waals surface area contributed by atoms with Crippen LogP contribution in [-0.4, -0.2) is 32.3 Å². The Morgan fingerprint density at radius 2 is 1.59 bits per heavy atom. The van der Waals surface area contributed by atoms with Crippen molar-refractivity contribution in [3.8, 4) is 0 Å². The van der Waals surface area contributed by atoms with E-state index in [9.17, 15) is 13.2 Å². The van der Waals surface area contributed by atoms with Crippen LogP contribution in [0.5, 0.6) is 0 Å². The van der Waals surface area contributed by atoms with Gasteiger partial charge in [-0.05, 0) is 54.7 Å². The second-order valence-electron chi connectivity index (χ2n) is 8.14. The molecule has 1 amide bonds. The van der Waals surface area contributed by atoms with Crippen molar-refractivity contribution in [3.05, 3.63) is 95.1 Å². The Labute approximate surface area is 190 Å². The van der Waals surface area contributed by atoms with Gasteiger partial charge in [0, 0.05) is 13.1 Å². The predicted molar refractivity (Wildman–Crippen MR) is 127 cm³/mol. The first-order valence-corrected chi connectivity index (χ1v) is 12.4. The zero-order chi connectivity index (χ0) is 22.7. The fourth-order valence-electron chi connectivity index (χ4n) is 4.12. The minimum atomic E-state index is -3.91. The van der Waals surface area contributed by atoms with E-state index < -0.39 is 10.0 Å². The van der Waals surface area contributed by atoms with Gasteiger partial charge in [0.05, 0.1) is 10.6 Å². The maximum Gasteiger partial charge on any atom is 0.264 e. The van der Waals surface area contributed by atoms with Gasteiger partial charge in [0.15, 0.2) is 0 Å². The number of nitrogens with zero attached hydrogens (tertiary/aromatic N) is 2. The van der Waals surface area contributed by atoms with Crippen LogP contribution >= 0.6 is 0 Å². The van der Waals surface area contributed by atoms with E-state index >= 15 is 0 Å². The second-order valence-corrected chi connectivity index (χ2v) is 10.0. The number of rotatable bonds is 6. The van der Waals surface area contributed by atoms with E-state index in [0.717, 1.165) is 23.1 Å². The van der Waals surface area contributed by atoms with Crippen molar-refractivity contribution in [2.45, 2.75) is 38.1 Å². The predicted octanol–water partition coefficient (Wildman–Crippen LogP) is 4.34. The van der Waals surface area contributed by atoms with Crippen molar-refractivity contribution < 1.29 is 13.2 Å². The maximum atomic E-state index is 13.7. The third-order valence-electron chi connectivity index (χ3n) is 6.01. The summed E-state index contributed by atoms with van der Waals surface area (Å²) < 4.78 is 28.6. The van der Waals surface area contributed by atoms with E-state index in [2.05, 4.69) is 6.07 Å². The maximum absolute atomic E-state index is 13.7. The standard InChI is InChI=1S/C26H28N2O3S/c1-3-21-8-6-7-11-25(21)28(32(30,31)24-14-12-20(2)13-15-24)19-26(29)27-17-16-22-9-4-5-10-23(22)18-27/h4-15H,3,16-19H2,1-2H3. The molecule has 5 nitrogen and oxygen atoms in total. The number of carbonyl (C=O) groups excluding carboxylic acids is 1. The van der Waals surface area contributed by atoms with Crippen molar-refractivity contribution in [1.82, 2.24) is 4.90 Å². The smallest absolute Gasteiger partial charge is 0.264 e. The zero-order valence-electron chi connectivity index (χ0n) is 18.5. The van der Waals surface area contributed by atoms with Crippen LogP contribution in [0.3, 0.4) is 0 Å². The molecule has 0 atom stereocenters. The summed E-state index contributed by atoms with van der Waals surface area (Å²) in [6.45, 7) is 4.76. The van der Waals surface area contributed by atoms with Crippen LogP contribution < -0.4 is 4.31 Å². The Morgan fingerprint density at radius 1 is 0.938 bits per heavy atom. The van der Waals surface area contributed by atoms with Crippen molar-refractivity contribution in [1.29, 1.82) is 0 Å². The fourth-order valence-corrected chi connectivity index (χ4v) is 5.57. The van der Waals surface area contributed by atoms with E-state index in [-0.39, 0.29) is 17.3 Å². The fraction of sp³-hybridized carbons (Fsp3) is 0.269. The molecule has 1 aliphatic rings. The summed E-state index contributed by atoms with van der Waals surface area (Å²) in [7, 11) is -3.91. The second kappa shape index (κ2) is 9.17. The molecule has 0 bridgehead atoms. The number of aryl methyl sites for hydroxylation is 2. The van der Waals surface area contributed by atoms with Crippen LogP contribution in [-0.2, 0) is 34.2 Å². The number of sulfonamides is 1. The minimum Gasteiger partial charge on any atom is -0.336 e. The van der Waals surface area contributed by atoms with Crippen molar-refractivity contribution in [2.24, 2.45) is 0 Å². The highest BCUT2D eigenvalue weighted by Crippen LogP contribution is 2.28. The van der Waals surface area contributed by atoms with E-state index in [1.54, 1.807) is 35.2 Å². The first-order valence-electron chi connectivity index (χ1n) is 10.9. The molecule has 0 N–H and O–H groups in total. The Balaban J connectivity index is 1.68. The van der Waals surface area contributed by atoms with Gasteiger partial charge in [-0.3, -0.25) is 9.10 Å². The Bertz CT molecular complexity index is 1220. The Morgan fingerprint density at radius 3 is 2.31 bits per heavy atom. The lowest BCUT2D eigenvalue weighted by Gasteiger charge is -2.32. The molecular weight excluding hydrogens is 420 g/mol. The lowest BCUT2D eigenvalue weighted by atomic mass is 10.00. The highest BCUT2D eigenvalue weighted by Gasteiger charge is 2.31. The van der Waals surface area contributed by atoms with Gasteiger partial charge in [0.2, 0.25) is 5.91 Å². The average Bonchev–Trinajstić information content (AvgIpc) is 2.82. The molecule has 0 spiro atoms. The molecule has 166 valence electrons. The van der Waals surface area contributed by atoms with Gasteiger partial charge >= 0.3 is 0 Å². The molecule has 4 rings (SSSR count). The van der Waals surface area contributed by atoms with Gasteiger partial charge < -0.3 is 4.90 Å². The number of fused-ring (bicyclic) bond motifs is 1. The largest absolute Gasteiger partial charge is 0.336 e. The van der Waals surface area contributed by atoms with E-state index in [0.29, 0.717) is 25.2 Å². The molecule has 6 heteroatoms. The molecule has 0 aromatic heterocycles. The molecule has 32 heavy (non-hydrogen) atoms. The number of carbonyl (C=O) groups is 1. The number of amides is 1. The minimum absolute atomic E-state index is 0.186. The Kier molecular flexibility index (Phi) is 6.33. The monoisotopic (exact) mass is 448 g/mol. The quantitative estimate of drug-likeness (QED) is 0.564. The first-order chi connectivity index (χ1) is 15.4. The highest BCUT2D eigenvalue weighted by molar-refractivity contribution is 7.92. The lowest BCUT2D eigenvalue weighted by molar-refractivity contribution is -0.130. The molecule has 1 aliphatic heterocycles. The normalized spacial score (nSPS) is 13.5. The molecule has 0 unspecified atom stereocenters. The summed E-state index contributed by atoms with van der Waals surface area (Å²) >= 11 is 0. The summed E-state index contributed by atoms with van der Waals surface area (Å²) in [5, 5.41) is 0. The number of anilines is 1. The third-order valence-corrected chi connectivity index (χ3v) is 7.79. The summed E-state index contributed by atoms with van der Waals surface area (Å²) in [5.41, 5.74) is 4.79. The Hall–Kier alpha value is -3.12. The van der Waals surface area contributed by atoms with Crippen molar-refractivity contribution in [2.75, 3.05) is 17.4 Å². The van der Waals surface area contributed by atoms with Crippen molar-refractivity contribution in [3.63, 3.8) is 0 Å². The SMILES string of the molecule is CCc1ccccc1N(CC(=O)N1CCc2ccccc2C1)S(=O)(=O)c1ccc(C)cc1. The topological polar surface area (TPSA) is 57.7 Å². The summed E-state index contributed by atoms with van der Waals surface area (Å²) in [5.74, 6) is -0.193. The van der Waals surface area contributed by atoms with Crippen LogP contribution in [0.25, 0.3) is 0 Å². The van der Waals surface area contributed by atoms with Crippen molar-refractivity contribution >= 4 is 21.6 Å². The summed E-state index contributed by atoms with van der Waals surface area (Å²) in [6, 6.07) is 22.3. The van der Waals surface area contributed by atoms with Gasteiger partial charge in [-0.15, -0.1) is 0 Å². The van der Waals surface area contributed by atoms with E-state index in [4.69, 9.17) is 0 Å². The molecule has 3 aromatic carbocycles. The summed E-state index contributed by atoms with van der Waals surface area (Å²) in [6.07, 6.45) is 1.44. The molecule has 0 saturated carbocycles. The molecule has 0 fully saturated rings. The highest BCUT2D eigenvalue weighted by atomic mass is 32.2. The van der Waals surface area contributed by atoms with Crippen LogP contribution in [0.4, 0.5) is 5.69 Å². The third kappa shape index (κ3) is 4.41. The first kappa shape index (κ1) is 22.1. The van der Waals surface area contributed by atoms with E-state index in [1.807, 2.05) is 50.2 Å². The van der Waals surface area contributed by atoms with Crippen LogP contribution in [0.1, 0.15) is 29.2 Å². The molecule has 1 heterocycles. The van der Waals surface area contributed by atoms with Crippen LogP contribution in [0, 0.1) is 6.92 Å². The summed E-state index contributed by atoms with van der Waals surface area (Å²) in [4.78, 5) is 15.3. The lowest BCUT2D eigenvalue weighted by Crippen LogP contribution is -2.45. The van der Waals surface area contributed by atoms with Gasteiger partial charge in [-0.1, -0.05) is 67.1 Å². The van der Waals surface area contributed by atoms with Gasteiger partial charge in [-0.25, -0.2) is 8.42 Å². The average molecular weight is 449 g/mol. The van der Waals surface area contributed by atoms with Crippen LogP contribution in [0.2, 0.25) is 0 Å². The van der Waals surface area contributed by atoms with Gasteiger partial charge in [-0.2, -0.15) is 0 Å². The molecule has 0 aliphatic carbocycles. The zero-order valence-corrected chi connectivity index (χ0v) is 19.3. The van der Waals surface area contributed by atoms with Crippen LogP contribution in [0.15, 0.2) is 77.7 Å². The van der Waals surface area contributed by atoms with Gasteiger partial charge in [0.25, 0.3) is 10.0 Å². The molecule has 3 aromatic rings. The number of hydrogen-bond donors (Lipinski definition) is 0. The van der Waals surface area contributed by atoms with E-state index in [1.165, 1.54) is 9.87 Å².